The summed E-state index contributed by atoms with van der Waals surface area (Å²) in [6.07, 6.45) is 1.35. The smallest absolute Gasteiger partial charge is 0.339 e. The molecule has 3 aromatic rings. The summed E-state index contributed by atoms with van der Waals surface area (Å²) in [7, 11) is 1.31. The van der Waals surface area contributed by atoms with Crippen molar-refractivity contribution in [2.24, 2.45) is 5.92 Å². The molecule has 29 heavy (non-hydrogen) atoms. The molecule has 2 aromatic carbocycles. The Morgan fingerprint density at radius 2 is 1.97 bits per heavy atom. The van der Waals surface area contributed by atoms with Crippen molar-refractivity contribution in [3.05, 3.63) is 53.8 Å². The van der Waals surface area contributed by atoms with Gasteiger partial charge < -0.3 is 15.0 Å². The quantitative estimate of drug-likeness (QED) is 0.653. The lowest BCUT2D eigenvalue weighted by Gasteiger charge is -2.31. The average Bonchev–Trinajstić information content (AvgIpc) is 3.17. The summed E-state index contributed by atoms with van der Waals surface area (Å²) in [6, 6.07) is 11.4. The van der Waals surface area contributed by atoms with Crippen molar-refractivity contribution in [2.75, 3.05) is 30.4 Å². The van der Waals surface area contributed by atoms with Crippen molar-refractivity contribution in [1.82, 2.24) is 4.98 Å². The number of anilines is 2. The number of nitrogens with zero attached hydrogens (tertiary/aromatic N) is 2. The molecule has 1 saturated heterocycles. The van der Waals surface area contributed by atoms with Gasteiger partial charge in [0, 0.05) is 19.0 Å². The molecule has 2 heterocycles. The lowest BCUT2D eigenvalue weighted by Crippen LogP contribution is -2.38. The molecule has 0 saturated carbocycles. The van der Waals surface area contributed by atoms with Crippen LogP contribution in [0.3, 0.4) is 0 Å². The standard InChI is InChI=1S/C21H20FN3O3S/c1-28-20(27)15-4-2-3-5-16(15)23-19(26)13-8-10-25(11-9-13)21-24-17-7-6-14(22)12-18(17)29-21/h2-7,12-13H,8-11H2,1H3,(H,23,26). The van der Waals surface area contributed by atoms with Gasteiger partial charge in [0.05, 0.1) is 28.6 Å². The Hall–Kier alpha value is -3.00. The number of hydrogen-bond acceptors (Lipinski definition) is 6. The van der Waals surface area contributed by atoms with Crippen LogP contribution in [0.5, 0.6) is 0 Å². The maximum Gasteiger partial charge on any atom is 0.339 e. The predicted octanol–water partition coefficient (Wildman–Crippen LogP) is 4.08. The maximum atomic E-state index is 13.4. The van der Waals surface area contributed by atoms with Gasteiger partial charge in [-0.1, -0.05) is 23.5 Å². The van der Waals surface area contributed by atoms with Crippen LogP contribution in [0.2, 0.25) is 0 Å². The van der Waals surface area contributed by atoms with Gasteiger partial charge in [0.25, 0.3) is 0 Å². The Balaban J connectivity index is 1.40. The molecular formula is C21H20FN3O3S. The second kappa shape index (κ2) is 8.16. The number of hydrogen-bond donors (Lipinski definition) is 1. The Morgan fingerprint density at radius 3 is 2.72 bits per heavy atom. The van der Waals surface area contributed by atoms with Crippen LogP contribution in [-0.4, -0.2) is 37.1 Å². The van der Waals surface area contributed by atoms with Crippen LogP contribution in [0.25, 0.3) is 10.2 Å². The van der Waals surface area contributed by atoms with Crippen LogP contribution >= 0.6 is 11.3 Å². The first-order valence-electron chi connectivity index (χ1n) is 9.34. The number of carbonyl (C=O) groups is 2. The van der Waals surface area contributed by atoms with E-state index in [4.69, 9.17) is 4.74 Å². The van der Waals surface area contributed by atoms with Crippen LogP contribution < -0.4 is 10.2 Å². The minimum Gasteiger partial charge on any atom is -0.465 e. The first-order chi connectivity index (χ1) is 14.0. The molecule has 0 radical (unpaired) electrons. The number of piperidine rings is 1. The number of benzene rings is 2. The van der Waals surface area contributed by atoms with E-state index in [2.05, 4.69) is 15.2 Å². The zero-order chi connectivity index (χ0) is 20.4. The van der Waals surface area contributed by atoms with Crippen LogP contribution in [0.4, 0.5) is 15.2 Å². The van der Waals surface area contributed by atoms with Gasteiger partial charge >= 0.3 is 5.97 Å². The normalized spacial score (nSPS) is 14.8. The largest absolute Gasteiger partial charge is 0.465 e. The molecule has 4 rings (SSSR count). The average molecular weight is 413 g/mol. The minimum atomic E-state index is -0.483. The summed E-state index contributed by atoms with van der Waals surface area (Å²) < 4.78 is 19.0. The number of carbonyl (C=O) groups excluding carboxylic acids is 2. The Bertz CT molecular complexity index is 1060. The highest BCUT2D eigenvalue weighted by atomic mass is 32.1. The number of halogens is 1. The number of ether oxygens (including phenoxy) is 1. The fraction of sp³-hybridized carbons (Fsp3) is 0.286. The lowest BCUT2D eigenvalue weighted by molar-refractivity contribution is -0.120. The van der Waals surface area contributed by atoms with Crippen molar-refractivity contribution < 1.29 is 18.7 Å². The minimum absolute atomic E-state index is 0.104. The van der Waals surface area contributed by atoms with Gasteiger partial charge in [-0.3, -0.25) is 4.79 Å². The van der Waals surface area contributed by atoms with E-state index in [9.17, 15) is 14.0 Å². The molecule has 0 atom stereocenters. The molecular weight excluding hydrogens is 393 g/mol. The number of amides is 1. The summed E-state index contributed by atoms with van der Waals surface area (Å²) in [5, 5.41) is 3.71. The van der Waals surface area contributed by atoms with Gasteiger partial charge in [-0.2, -0.15) is 0 Å². The van der Waals surface area contributed by atoms with Crippen molar-refractivity contribution in [3.8, 4) is 0 Å². The van der Waals surface area contributed by atoms with Crippen molar-refractivity contribution in [3.63, 3.8) is 0 Å². The second-order valence-corrected chi connectivity index (χ2v) is 7.91. The van der Waals surface area contributed by atoms with Crippen molar-refractivity contribution in [2.45, 2.75) is 12.8 Å². The third kappa shape index (κ3) is 4.07. The lowest BCUT2D eigenvalue weighted by atomic mass is 9.96. The molecule has 0 bridgehead atoms. The summed E-state index contributed by atoms with van der Waals surface area (Å²) >= 11 is 1.46. The molecule has 150 valence electrons. The molecule has 1 fully saturated rings. The van der Waals surface area contributed by atoms with E-state index in [1.807, 2.05) is 0 Å². The fourth-order valence-electron chi connectivity index (χ4n) is 3.47. The van der Waals surface area contributed by atoms with Crippen LogP contribution in [0.15, 0.2) is 42.5 Å². The second-order valence-electron chi connectivity index (χ2n) is 6.90. The zero-order valence-corrected chi connectivity index (χ0v) is 16.7. The Labute approximate surface area is 171 Å². The molecule has 8 heteroatoms. The van der Waals surface area contributed by atoms with E-state index in [-0.39, 0.29) is 17.6 Å². The summed E-state index contributed by atoms with van der Waals surface area (Å²) in [5.41, 5.74) is 1.58. The van der Waals surface area contributed by atoms with E-state index in [1.54, 1.807) is 30.3 Å². The van der Waals surface area contributed by atoms with Gasteiger partial charge in [0.15, 0.2) is 5.13 Å². The van der Waals surface area contributed by atoms with Gasteiger partial charge in [-0.05, 0) is 43.2 Å². The predicted molar refractivity (Wildman–Crippen MR) is 111 cm³/mol. The summed E-state index contributed by atoms with van der Waals surface area (Å²) in [4.78, 5) is 31.3. The number of methoxy groups -OCH3 is 1. The van der Waals surface area contributed by atoms with Crippen LogP contribution in [0.1, 0.15) is 23.2 Å². The number of fused-ring (bicyclic) bond motifs is 1. The van der Waals surface area contributed by atoms with Crippen molar-refractivity contribution >= 4 is 44.2 Å². The Morgan fingerprint density at radius 1 is 1.21 bits per heavy atom. The zero-order valence-electron chi connectivity index (χ0n) is 15.9. The number of nitrogens with one attached hydrogen (secondary N) is 1. The van der Waals surface area contributed by atoms with E-state index >= 15 is 0 Å². The van der Waals surface area contributed by atoms with Crippen LogP contribution in [-0.2, 0) is 9.53 Å². The van der Waals surface area contributed by atoms with E-state index in [0.29, 0.717) is 37.2 Å². The van der Waals surface area contributed by atoms with E-state index < -0.39 is 5.97 Å². The fourth-order valence-corrected chi connectivity index (χ4v) is 4.51. The van der Waals surface area contributed by atoms with Crippen molar-refractivity contribution in [1.29, 1.82) is 0 Å². The molecule has 0 unspecified atom stereocenters. The highest BCUT2D eigenvalue weighted by molar-refractivity contribution is 7.22. The first-order valence-corrected chi connectivity index (χ1v) is 10.2. The Kier molecular flexibility index (Phi) is 5.44. The molecule has 1 aliphatic heterocycles. The van der Waals surface area contributed by atoms with E-state index in [0.717, 1.165) is 15.3 Å². The van der Waals surface area contributed by atoms with Gasteiger partial charge in [-0.25, -0.2) is 14.2 Å². The molecule has 1 N–H and O–H groups in total. The molecule has 0 spiro atoms. The maximum absolute atomic E-state index is 13.4. The third-order valence-electron chi connectivity index (χ3n) is 5.07. The number of para-hydroxylation sites is 1. The molecule has 1 aromatic heterocycles. The van der Waals surface area contributed by atoms with Gasteiger partial charge in [0.2, 0.25) is 5.91 Å². The van der Waals surface area contributed by atoms with E-state index in [1.165, 1.54) is 30.6 Å². The topological polar surface area (TPSA) is 71.5 Å². The third-order valence-corrected chi connectivity index (χ3v) is 6.14. The van der Waals surface area contributed by atoms with Gasteiger partial charge in [-0.15, -0.1) is 0 Å². The first kappa shape index (κ1) is 19.3. The molecule has 1 aliphatic rings. The highest BCUT2D eigenvalue weighted by Gasteiger charge is 2.27. The molecule has 6 nitrogen and oxygen atoms in total. The SMILES string of the molecule is COC(=O)c1ccccc1NC(=O)C1CCN(c2nc3ccc(F)cc3s2)CC1. The highest BCUT2D eigenvalue weighted by Crippen LogP contribution is 2.32. The molecule has 0 aliphatic carbocycles. The number of aromatic nitrogens is 1. The van der Waals surface area contributed by atoms with Crippen LogP contribution in [0, 0.1) is 11.7 Å². The monoisotopic (exact) mass is 413 g/mol. The van der Waals surface area contributed by atoms with Gasteiger partial charge in [0.1, 0.15) is 5.82 Å². The summed E-state index contributed by atoms with van der Waals surface area (Å²) in [6.45, 7) is 1.39. The number of rotatable bonds is 4. The number of esters is 1. The molecule has 1 amide bonds. The number of thiazole rings is 1. The summed E-state index contributed by atoms with van der Waals surface area (Å²) in [5.74, 6) is -1.01.